The van der Waals surface area contributed by atoms with Crippen molar-refractivity contribution in [3.05, 3.63) is 57.6 Å². The first-order valence-corrected chi connectivity index (χ1v) is 9.04. The molecule has 4 nitrogen and oxygen atoms in total. The molecule has 0 aliphatic carbocycles. The zero-order valence-corrected chi connectivity index (χ0v) is 16.2. The number of unbranched alkanes of at least 4 members (excludes halogenated alkanes) is 1. The summed E-state index contributed by atoms with van der Waals surface area (Å²) in [7, 11) is 0. The lowest BCUT2D eigenvalue weighted by Crippen LogP contribution is -2.10. The van der Waals surface area contributed by atoms with Crippen molar-refractivity contribution in [2.45, 2.75) is 39.5 Å². The molecule has 0 saturated carbocycles. The molecule has 0 aliphatic heterocycles. The van der Waals surface area contributed by atoms with Crippen LogP contribution in [0.3, 0.4) is 0 Å². The first kappa shape index (κ1) is 20.3. The maximum atomic E-state index is 11.8. The van der Waals surface area contributed by atoms with Crippen molar-refractivity contribution in [1.82, 2.24) is 0 Å². The second-order valence-corrected chi connectivity index (χ2v) is 6.79. The maximum Gasteiger partial charge on any atom is 0.311 e. The van der Waals surface area contributed by atoms with Crippen molar-refractivity contribution in [3.63, 3.8) is 0 Å². The molecular weight excluding hydrogens is 375 g/mol. The summed E-state index contributed by atoms with van der Waals surface area (Å²) in [5.41, 5.74) is 1.69. The summed E-state index contributed by atoms with van der Waals surface area (Å²) in [6.07, 6.45) is 1.55. The van der Waals surface area contributed by atoms with Crippen LogP contribution in [-0.4, -0.2) is 11.9 Å². The predicted octanol–water partition coefficient (Wildman–Crippen LogP) is 5.68. The Labute approximate surface area is 163 Å². The van der Waals surface area contributed by atoms with Crippen LogP contribution >= 0.6 is 23.2 Å². The van der Waals surface area contributed by atoms with Crippen LogP contribution in [0.15, 0.2) is 36.4 Å². The minimum atomic E-state index is -0.339. The lowest BCUT2D eigenvalue weighted by molar-refractivity contribution is -0.136. The average molecular weight is 395 g/mol. The Morgan fingerprint density at radius 1 is 0.769 bits per heavy atom. The summed E-state index contributed by atoms with van der Waals surface area (Å²) in [4.78, 5) is 23.7. The standard InChI is InChI=1S/C20H20Cl2O4/c1-13-11-15(7-9-17(13)21)25-19(23)5-3-4-6-20(24)26-16-8-10-18(22)14(2)12-16/h7-12H,3-6H2,1-2H3. The van der Waals surface area contributed by atoms with Crippen LogP contribution in [0.5, 0.6) is 11.5 Å². The van der Waals surface area contributed by atoms with E-state index >= 15 is 0 Å². The van der Waals surface area contributed by atoms with Gasteiger partial charge in [0.05, 0.1) is 0 Å². The van der Waals surface area contributed by atoms with Gasteiger partial charge in [-0.25, -0.2) is 0 Å². The van der Waals surface area contributed by atoms with Gasteiger partial charge in [0.25, 0.3) is 0 Å². The van der Waals surface area contributed by atoms with E-state index in [-0.39, 0.29) is 24.8 Å². The van der Waals surface area contributed by atoms with Crippen LogP contribution < -0.4 is 9.47 Å². The van der Waals surface area contributed by atoms with Gasteiger partial charge in [-0.15, -0.1) is 0 Å². The molecule has 0 spiro atoms. The highest BCUT2D eigenvalue weighted by Crippen LogP contribution is 2.22. The highest BCUT2D eigenvalue weighted by Gasteiger charge is 2.09. The molecule has 26 heavy (non-hydrogen) atoms. The molecule has 2 rings (SSSR count). The molecule has 0 heterocycles. The molecule has 0 unspecified atom stereocenters. The van der Waals surface area contributed by atoms with E-state index in [0.29, 0.717) is 34.4 Å². The summed E-state index contributed by atoms with van der Waals surface area (Å²) in [5, 5.41) is 1.25. The Bertz CT molecular complexity index is 735. The third-order valence-electron chi connectivity index (χ3n) is 3.73. The molecule has 0 radical (unpaired) electrons. The molecule has 0 fully saturated rings. The molecule has 0 aromatic heterocycles. The first-order valence-electron chi connectivity index (χ1n) is 8.29. The van der Waals surface area contributed by atoms with Gasteiger partial charge in [0, 0.05) is 22.9 Å². The van der Waals surface area contributed by atoms with E-state index in [9.17, 15) is 9.59 Å². The SMILES string of the molecule is Cc1cc(OC(=O)CCCCC(=O)Oc2ccc(Cl)c(C)c2)ccc1Cl. The topological polar surface area (TPSA) is 52.6 Å². The van der Waals surface area contributed by atoms with Crippen LogP contribution in [0.2, 0.25) is 10.0 Å². The number of rotatable bonds is 7. The molecule has 2 aromatic carbocycles. The molecule has 2 aromatic rings. The van der Waals surface area contributed by atoms with Crippen LogP contribution in [-0.2, 0) is 9.59 Å². The van der Waals surface area contributed by atoms with Crippen molar-refractivity contribution in [1.29, 1.82) is 0 Å². The molecule has 0 saturated heterocycles. The Hall–Kier alpha value is -2.04. The predicted molar refractivity (Wildman–Crippen MR) is 102 cm³/mol. The van der Waals surface area contributed by atoms with E-state index in [4.69, 9.17) is 32.7 Å². The lowest BCUT2D eigenvalue weighted by Gasteiger charge is -2.07. The number of esters is 2. The molecule has 0 N–H and O–H groups in total. The summed E-state index contributed by atoms with van der Waals surface area (Å²) in [5.74, 6) is 0.255. The van der Waals surface area contributed by atoms with Crippen molar-refractivity contribution < 1.29 is 19.1 Å². The Balaban J connectivity index is 1.68. The Kier molecular flexibility index (Phi) is 7.49. The smallest absolute Gasteiger partial charge is 0.311 e. The molecule has 0 aliphatic rings. The van der Waals surface area contributed by atoms with E-state index in [2.05, 4.69) is 0 Å². The van der Waals surface area contributed by atoms with E-state index in [1.807, 2.05) is 13.8 Å². The van der Waals surface area contributed by atoms with Crippen LogP contribution in [0, 0.1) is 13.8 Å². The number of halogens is 2. The number of hydrogen-bond acceptors (Lipinski definition) is 4. The molecule has 6 heteroatoms. The number of carbonyl (C=O) groups excluding carboxylic acids is 2. The molecule has 0 atom stereocenters. The largest absolute Gasteiger partial charge is 0.427 e. The van der Waals surface area contributed by atoms with E-state index < -0.39 is 0 Å². The van der Waals surface area contributed by atoms with Crippen LogP contribution in [0.4, 0.5) is 0 Å². The molecule has 0 bridgehead atoms. The molecular formula is C20H20Cl2O4. The fraction of sp³-hybridized carbons (Fsp3) is 0.300. The van der Waals surface area contributed by atoms with Crippen molar-refractivity contribution in [2.75, 3.05) is 0 Å². The highest BCUT2D eigenvalue weighted by atomic mass is 35.5. The molecule has 0 amide bonds. The Morgan fingerprint density at radius 2 is 1.15 bits per heavy atom. The fourth-order valence-electron chi connectivity index (χ4n) is 2.26. The van der Waals surface area contributed by atoms with Gasteiger partial charge in [0.15, 0.2) is 0 Å². The van der Waals surface area contributed by atoms with Crippen molar-refractivity contribution >= 4 is 35.1 Å². The second-order valence-electron chi connectivity index (χ2n) is 5.98. The minimum Gasteiger partial charge on any atom is -0.427 e. The zero-order chi connectivity index (χ0) is 19.1. The number of carbonyl (C=O) groups is 2. The van der Waals surface area contributed by atoms with Gasteiger partial charge in [0.1, 0.15) is 11.5 Å². The second kappa shape index (κ2) is 9.60. The van der Waals surface area contributed by atoms with E-state index in [1.165, 1.54) is 0 Å². The van der Waals surface area contributed by atoms with E-state index in [0.717, 1.165) is 11.1 Å². The van der Waals surface area contributed by atoms with Crippen LogP contribution in [0.1, 0.15) is 36.8 Å². The van der Waals surface area contributed by atoms with Crippen molar-refractivity contribution in [3.8, 4) is 11.5 Å². The third kappa shape index (κ3) is 6.36. The Morgan fingerprint density at radius 3 is 1.50 bits per heavy atom. The van der Waals surface area contributed by atoms with Gasteiger partial charge < -0.3 is 9.47 Å². The van der Waals surface area contributed by atoms with Gasteiger partial charge in [-0.05, 0) is 74.2 Å². The quantitative estimate of drug-likeness (QED) is 0.344. The first-order chi connectivity index (χ1) is 12.3. The number of hydrogen-bond donors (Lipinski definition) is 0. The van der Waals surface area contributed by atoms with E-state index in [1.54, 1.807) is 36.4 Å². The lowest BCUT2D eigenvalue weighted by atomic mass is 10.2. The highest BCUT2D eigenvalue weighted by molar-refractivity contribution is 6.31. The monoisotopic (exact) mass is 394 g/mol. The summed E-state index contributed by atoms with van der Waals surface area (Å²) >= 11 is 11.9. The summed E-state index contributed by atoms with van der Waals surface area (Å²) in [6, 6.07) is 10.1. The fourth-order valence-corrected chi connectivity index (χ4v) is 2.50. The van der Waals surface area contributed by atoms with Crippen molar-refractivity contribution in [2.24, 2.45) is 0 Å². The molecule has 138 valence electrons. The normalized spacial score (nSPS) is 10.5. The summed E-state index contributed by atoms with van der Waals surface area (Å²) in [6.45, 7) is 3.68. The van der Waals surface area contributed by atoms with Gasteiger partial charge in [-0.3, -0.25) is 9.59 Å². The minimum absolute atomic E-state index is 0.231. The third-order valence-corrected chi connectivity index (χ3v) is 4.58. The van der Waals surface area contributed by atoms with Gasteiger partial charge in [0.2, 0.25) is 0 Å². The maximum absolute atomic E-state index is 11.8. The number of benzene rings is 2. The van der Waals surface area contributed by atoms with Gasteiger partial charge in [-0.1, -0.05) is 23.2 Å². The summed E-state index contributed by atoms with van der Waals surface area (Å²) < 4.78 is 10.5. The number of ether oxygens (including phenoxy) is 2. The van der Waals surface area contributed by atoms with Gasteiger partial charge in [-0.2, -0.15) is 0 Å². The van der Waals surface area contributed by atoms with Crippen LogP contribution in [0.25, 0.3) is 0 Å². The number of aryl methyl sites for hydroxylation is 2. The zero-order valence-electron chi connectivity index (χ0n) is 14.7. The van der Waals surface area contributed by atoms with Gasteiger partial charge >= 0.3 is 11.9 Å². The average Bonchev–Trinajstić information content (AvgIpc) is 2.58.